The Labute approximate surface area is 32.2 Å². The van der Waals surface area contributed by atoms with Crippen LogP contribution >= 0.6 is 12.6 Å². The van der Waals surface area contributed by atoms with Crippen molar-refractivity contribution >= 4 is 20.7 Å². The Kier molecular flexibility index (Phi) is 3.69. The molecule has 0 amide bonds. The minimum absolute atomic E-state index is 0.292. The van der Waals surface area contributed by atoms with Crippen LogP contribution < -0.4 is 0 Å². The molecular formula is CH3BOS. The van der Waals surface area contributed by atoms with E-state index >= 15 is 0 Å². The van der Waals surface area contributed by atoms with Crippen molar-refractivity contribution in [3.63, 3.8) is 0 Å². The first-order valence-corrected chi connectivity index (χ1v) is 1.47. The maximum absolute atomic E-state index is 4.45. The summed E-state index contributed by atoms with van der Waals surface area (Å²) < 4.78 is 3.91. The summed E-state index contributed by atoms with van der Waals surface area (Å²) in [6.07, 6.45) is 0. The first kappa shape index (κ1) is 4.37. The van der Waals surface area contributed by atoms with Gasteiger partial charge in [-0.25, -0.2) is 0 Å². The number of rotatable bonds is 1. The molecule has 2 radical (unpaired) electrons. The average molecular weight is 73.9 g/mol. The highest BCUT2D eigenvalue weighted by Crippen LogP contribution is 1.64. The van der Waals surface area contributed by atoms with Gasteiger partial charge in [-0.3, -0.25) is 0 Å². The average Bonchev–Trinajstić information content (AvgIpc) is 1.37. The fraction of sp³-hybridized carbons (Fsp3) is 1.00. The zero-order valence-electron chi connectivity index (χ0n) is 2.14. The molecule has 0 aliphatic rings. The Morgan fingerprint density at radius 3 is 2.25 bits per heavy atom. The Hall–Kier alpha value is 0.375. The zero-order valence-corrected chi connectivity index (χ0v) is 3.03. The molecule has 0 unspecified atom stereocenters. The van der Waals surface area contributed by atoms with Crippen LogP contribution in [0.1, 0.15) is 0 Å². The second-order valence-corrected chi connectivity index (χ2v) is 0.554. The van der Waals surface area contributed by atoms with E-state index in [1.807, 2.05) is 0 Å². The third-order valence-corrected chi connectivity index (χ3v) is 0.224. The van der Waals surface area contributed by atoms with Gasteiger partial charge in [0.05, 0.1) is 5.94 Å². The molecule has 0 rings (SSSR count). The van der Waals surface area contributed by atoms with Gasteiger partial charge in [0, 0.05) is 0 Å². The fourth-order valence-electron chi connectivity index (χ4n) is 0. The zero-order chi connectivity index (χ0) is 3.41. The van der Waals surface area contributed by atoms with Gasteiger partial charge in [0.2, 0.25) is 0 Å². The summed E-state index contributed by atoms with van der Waals surface area (Å²) in [5.41, 5.74) is 0. The van der Waals surface area contributed by atoms with Crippen molar-refractivity contribution in [2.75, 3.05) is 5.94 Å². The lowest BCUT2D eigenvalue weighted by molar-refractivity contribution is 0.438. The molecule has 0 aromatic rings. The first-order valence-electron chi connectivity index (χ1n) is 0.841. The van der Waals surface area contributed by atoms with Crippen LogP contribution in [-0.4, -0.2) is 14.0 Å². The van der Waals surface area contributed by atoms with Gasteiger partial charge in [0.1, 0.15) is 0 Å². The quantitative estimate of drug-likeness (QED) is 0.261. The van der Waals surface area contributed by atoms with Crippen molar-refractivity contribution in [1.82, 2.24) is 0 Å². The SMILES string of the molecule is [B]OCS. The summed E-state index contributed by atoms with van der Waals surface area (Å²) in [4.78, 5) is 0. The molecule has 0 aliphatic heterocycles. The molecule has 0 saturated carbocycles. The van der Waals surface area contributed by atoms with Gasteiger partial charge in [0.25, 0.3) is 8.05 Å². The normalized spacial score (nSPS) is 7.25. The van der Waals surface area contributed by atoms with Crippen molar-refractivity contribution in [3.8, 4) is 0 Å². The lowest BCUT2D eigenvalue weighted by Crippen LogP contribution is -1.72. The van der Waals surface area contributed by atoms with Gasteiger partial charge in [-0.05, 0) is 0 Å². The minimum Gasteiger partial charge on any atom is -0.439 e. The van der Waals surface area contributed by atoms with E-state index < -0.39 is 0 Å². The molecule has 0 saturated heterocycles. The Morgan fingerprint density at radius 2 is 2.25 bits per heavy atom. The van der Waals surface area contributed by atoms with Gasteiger partial charge in [-0.15, -0.1) is 0 Å². The second-order valence-electron chi connectivity index (χ2n) is 0.296. The lowest BCUT2D eigenvalue weighted by Gasteiger charge is -1.76. The first-order chi connectivity index (χ1) is 1.91. The van der Waals surface area contributed by atoms with Crippen molar-refractivity contribution < 1.29 is 4.65 Å². The Balaban J connectivity index is 1.97. The van der Waals surface area contributed by atoms with Crippen LogP contribution in [0.2, 0.25) is 0 Å². The topological polar surface area (TPSA) is 9.23 Å². The highest BCUT2D eigenvalue weighted by atomic mass is 32.1. The molecular weight excluding hydrogens is 70.9 g/mol. The largest absolute Gasteiger partial charge is 0.439 e. The van der Waals surface area contributed by atoms with E-state index in [2.05, 4.69) is 25.3 Å². The smallest absolute Gasteiger partial charge is 0.283 e. The van der Waals surface area contributed by atoms with Crippen molar-refractivity contribution in [2.45, 2.75) is 0 Å². The van der Waals surface area contributed by atoms with Gasteiger partial charge in [-0.1, -0.05) is 0 Å². The summed E-state index contributed by atoms with van der Waals surface area (Å²) in [6, 6.07) is 0. The molecule has 0 spiro atoms. The maximum atomic E-state index is 4.45. The fourth-order valence-corrected chi connectivity index (χ4v) is 0. The predicted molar refractivity (Wildman–Crippen MR) is 20.7 cm³/mol. The molecule has 0 heterocycles. The molecule has 22 valence electrons. The van der Waals surface area contributed by atoms with E-state index in [-0.39, 0.29) is 0 Å². The van der Waals surface area contributed by atoms with E-state index in [1.165, 1.54) is 0 Å². The molecule has 0 N–H and O–H groups in total. The third-order valence-electron chi connectivity index (χ3n) is 0.0745. The maximum Gasteiger partial charge on any atom is 0.283 e. The molecule has 0 bridgehead atoms. The van der Waals surface area contributed by atoms with E-state index in [0.717, 1.165) is 0 Å². The molecule has 0 atom stereocenters. The minimum atomic E-state index is 0.292. The number of hydrogen-bond donors (Lipinski definition) is 1. The summed E-state index contributed by atoms with van der Waals surface area (Å²) in [7, 11) is 4.45. The summed E-state index contributed by atoms with van der Waals surface area (Å²) in [5, 5.41) is 0. The van der Waals surface area contributed by atoms with Crippen LogP contribution in [0.3, 0.4) is 0 Å². The van der Waals surface area contributed by atoms with E-state index in [9.17, 15) is 0 Å². The molecule has 3 heteroatoms. The summed E-state index contributed by atoms with van der Waals surface area (Å²) in [5.74, 6) is 0.292. The second kappa shape index (κ2) is 3.37. The van der Waals surface area contributed by atoms with Crippen molar-refractivity contribution in [2.24, 2.45) is 0 Å². The van der Waals surface area contributed by atoms with Gasteiger partial charge < -0.3 is 4.65 Å². The third kappa shape index (κ3) is 2.37. The predicted octanol–water partition coefficient (Wildman–Crippen LogP) is -0.0262. The highest BCUT2D eigenvalue weighted by molar-refractivity contribution is 7.80. The molecule has 0 aromatic carbocycles. The van der Waals surface area contributed by atoms with Crippen LogP contribution in [0.4, 0.5) is 0 Å². The van der Waals surface area contributed by atoms with Gasteiger partial charge in [0.15, 0.2) is 0 Å². The van der Waals surface area contributed by atoms with Crippen LogP contribution in [0.15, 0.2) is 0 Å². The monoisotopic (exact) mass is 74.0 g/mol. The summed E-state index contributed by atoms with van der Waals surface area (Å²) in [6.45, 7) is 0. The molecule has 1 nitrogen and oxygen atoms in total. The molecule has 0 fully saturated rings. The van der Waals surface area contributed by atoms with Gasteiger partial charge in [-0.2, -0.15) is 12.6 Å². The Bertz CT molecular complexity index is 10.0. The van der Waals surface area contributed by atoms with Crippen LogP contribution in [-0.2, 0) is 4.65 Å². The van der Waals surface area contributed by atoms with E-state index in [0.29, 0.717) is 5.94 Å². The van der Waals surface area contributed by atoms with Crippen LogP contribution in [0, 0.1) is 0 Å². The Morgan fingerprint density at radius 1 is 2.00 bits per heavy atom. The summed E-state index contributed by atoms with van der Waals surface area (Å²) >= 11 is 3.57. The van der Waals surface area contributed by atoms with Crippen molar-refractivity contribution in [1.29, 1.82) is 0 Å². The van der Waals surface area contributed by atoms with E-state index in [4.69, 9.17) is 0 Å². The molecule has 0 aromatic heterocycles. The molecule has 4 heavy (non-hydrogen) atoms. The standard InChI is InChI=1S/CH3BOS/c2-3-1-4/h4H,1H2. The molecule has 0 aliphatic carbocycles. The van der Waals surface area contributed by atoms with Crippen LogP contribution in [0.25, 0.3) is 0 Å². The van der Waals surface area contributed by atoms with E-state index in [1.54, 1.807) is 0 Å². The number of hydrogen-bond acceptors (Lipinski definition) is 2. The van der Waals surface area contributed by atoms with Crippen molar-refractivity contribution in [3.05, 3.63) is 0 Å². The number of thiol groups is 1. The lowest BCUT2D eigenvalue weighted by atomic mass is 10.6. The van der Waals surface area contributed by atoms with Crippen LogP contribution in [0.5, 0.6) is 0 Å². The van der Waals surface area contributed by atoms with Gasteiger partial charge >= 0.3 is 0 Å². The highest BCUT2D eigenvalue weighted by Gasteiger charge is 1.53.